The van der Waals surface area contributed by atoms with E-state index in [-0.39, 0.29) is 11.4 Å². The smallest absolute Gasteiger partial charge is 0.321 e. The molecule has 0 aromatic heterocycles. The number of hydrogen-bond acceptors (Lipinski definition) is 3. The first kappa shape index (κ1) is 19.5. The SMILES string of the molecule is CS(=O)(=O)Nc1ccccc1NC(=O)/C=C/c1ccc(C(F)(F)F)cc1. The Hall–Kier alpha value is -2.81. The van der Waals surface area contributed by atoms with Crippen molar-refractivity contribution >= 4 is 33.4 Å². The number of carbonyl (C=O) groups is 1. The van der Waals surface area contributed by atoms with E-state index in [1.54, 1.807) is 12.1 Å². The summed E-state index contributed by atoms with van der Waals surface area (Å²) in [5.74, 6) is -0.562. The van der Waals surface area contributed by atoms with Gasteiger partial charge in [-0.1, -0.05) is 24.3 Å². The summed E-state index contributed by atoms with van der Waals surface area (Å²) >= 11 is 0. The number of alkyl halides is 3. The van der Waals surface area contributed by atoms with Crippen LogP contribution in [0.15, 0.2) is 54.6 Å². The Balaban J connectivity index is 2.08. The molecule has 9 heteroatoms. The second-order valence-electron chi connectivity index (χ2n) is 5.36. The molecule has 0 spiro atoms. The van der Waals surface area contributed by atoms with Crippen LogP contribution in [-0.4, -0.2) is 20.6 Å². The molecule has 2 rings (SSSR count). The molecule has 0 bridgehead atoms. The molecule has 0 saturated heterocycles. The molecule has 0 aliphatic rings. The Morgan fingerprint density at radius 2 is 1.58 bits per heavy atom. The molecule has 0 atom stereocenters. The van der Waals surface area contributed by atoms with Crippen molar-refractivity contribution in [2.24, 2.45) is 0 Å². The topological polar surface area (TPSA) is 75.3 Å². The molecule has 2 N–H and O–H groups in total. The second-order valence-corrected chi connectivity index (χ2v) is 7.11. The van der Waals surface area contributed by atoms with Gasteiger partial charge in [0, 0.05) is 6.08 Å². The van der Waals surface area contributed by atoms with Crippen LogP contribution >= 0.6 is 0 Å². The Morgan fingerprint density at radius 3 is 2.12 bits per heavy atom. The van der Waals surface area contributed by atoms with Gasteiger partial charge in [-0.3, -0.25) is 9.52 Å². The van der Waals surface area contributed by atoms with Crippen molar-refractivity contribution in [3.05, 3.63) is 65.7 Å². The molecule has 5 nitrogen and oxygen atoms in total. The lowest BCUT2D eigenvalue weighted by atomic mass is 10.1. The number of anilines is 2. The van der Waals surface area contributed by atoms with Gasteiger partial charge in [0.1, 0.15) is 0 Å². The average molecular weight is 384 g/mol. The fourth-order valence-corrected chi connectivity index (χ4v) is 2.59. The predicted molar refractivity (Wildman–Crippen MR) is 94.0 cm³/mol. The minimum absolute atomic E-state index is 0.200. The van der Waals surface area contributed by atoms with Gasteiger partial charge in [-0.15, -0.1) is 0 Å². The average Bonchev–Trinajstić information content (AvgIpc) is 2.53. The van der Waals surface area contributed by atoms with Gasteiger partial charge >= 0.3 is 6.18 Å². The van der Waals surface area contributed by atoms with Crippen LogP contribution in [0.5, 0.6) is 0 Å². The first-order valence-electron chi connectivity index (χ1n) is 7.28. The summed E-state index contributed by atoms with van der Waals surface area (Å²) in [6.45, 7) is 0. The molecule has 0 saturated carbocycles. The number of hydrogen-bond donors (Lipinski definition) is 2. The van der Waals surface area contributed by atoms with Crippen molar-refractivity contribution < 1.29 is 26.4 Å². The highest BCUT2D eigenvalue weighted by molar-refractivity contribution is 7.92. The van der Waals surface area contributed by atoms with Gasteiger partial charge in [-0.2, -0.15) is 13.2 Å². The maximum absolute atomic E-state index is 12.5. The number of nitrogens with one attached hydrogen (secondary N) is 2. The molecule has 0 fully saturated rings. The molecule has 2 aromatic carbocycles. The number of sulfonamides is 1. The van der Waals surface area contributed by atoms with Crippen molar-refractivity contribution in [3.63, 3.8) is 0 Å². The van der Waals surface area contributed by atoms with Crippen LogP contribution in [0.3, 0.4) is 0 Å². The summed E-state index contributed by atoms with van der Waals surface area (Å²) in [5, 5.41) is 2.51. The monoisotopic (exact) mass is 384 g/mol. The van der Waals surface area contributed by atoms with E-state index in [9.17, 15) is 26.4 Å². The third kappa shape index (κ3) is 5.92. The first-order chi connectivity index (χ1) is 12.0. The van der Waals surface area contributed by atoms with Crippen molar-refractivity contribution in [1.82, 2.24) is 0 Å². The van der Waals surface area contributed by atoms with Crippen molar-refractivity contribution in [2.45, 2.75) is 6.18 Å². The van der Waals surface area contributed by atoms with E-state index >= 15 is 0 Å². The third-order valence-electron chi connectivity index (χ3n) is 3.15. The van der Waals surface area contributed by atoms with Crippen molar-refractivity contribution in [3.8, 4) is 0 Å². The maximum atomic E-state index is 12.5. The molecule has 0 unspecified atom stereocenters. The van der Waals surface area contributed by atoms with Crippen LogP contribution in [0.25, 0.3) is 6.08 Å². The highest BCUT2D eigenvalue weighted by atomic mass is 32.2. The Bertz CT molecular complexity index is 921. The summed E-state index contributed by atoms with van der Waals surface area (Å²) in [4.78, 5) is 12.0. The maximum Gasteiger partial charge on any atom is 0.416 e. The number of para-hydroxylation sites is 2. The Kier molecular flexibility index (Phi) is 5.71. The molecule has 0 aliphatic carbocycles. The zero-order chi connectivity index (χ0) is 19.4. The molecular weight excluding hydrogens is 369 g/mol. The lowest BCUT2D eigenvalue weighted by Crippen LogP contribution is -2.14. The fraction of sp³-hybridized carbons (Fsp3) is 0.118. The van der Waals surface area contributed by atoms with E-state index in [4.69, 9.17) is 0 Å². The van der Waals surface area contributed by atoms with Gasteiger partial charge in [-0.05, 0) is 35.9 Å². The van der Waals surface area contributed by atoms with Gasteiger partial charge in [-0.25, -0.2) is 8.42 Å². The Morgan fingerprint density at radius 1 is 1.00 bits per heavy atom. The van der Waals surface area contributed by atoms with Crippen LogP contribution in [0, 0.1) is 0 Å². The summed E-state index contributed by atoms with van der Waals surface area (Å²) in [6, 6.07) is 10.5. The second kappa shape index (κ2) is 7.61. The predicted octanol–water partition coefficient (Wildman–Crippen LogP) is 3.73. The molecule has 0 radical (unpaired) electrons. The van der Waals surface area contributed by atoms with Crippen LogP contribution in [-0.2, 0) is 21.0 Å². The Labute approximate surface area is 148 Å². The van der Waals surface area contributed by atoms with Gasteiger partial charge in [0.15, 0.2) is 0 Å². The first-order valence-corrected chi connectivity index (χ1v) is 9.17. The normalized spacial score (nSPS) is 12.2. The zero-order valence-electron chi connectivity index (χ0n) is 13.5. The third-order valence-corrected chi connectivity index (χ3v) is 3.74. The molecular formula is C17H15F3N2O3S. The number of amides is 1. The quantitative estimate of drug-likeness (QED) is 0.772. The van der Waals surface area contributed by atoms with Gasteiger partial charge in [0.25, 0.3) is 0 Å². The van der Waals surface area contributed by atoms with E-state index in [2.05, 4.69) is 10.0 Å². The molecule has 0 heterocycles. The summed E-state index contributed by atoms with van der Waals surface area (Å²) < 4.78 is 62.4. The van der Waals surface area contributed by atoms with Crippen LogP contribution in [0.2, 0.25) is 0 Å². The summed E-state index contributed by atoms with van der Waals surface area (Å²) in [5.41, 5.74) is 0.0850. The number of rotatable bonds is 5. The minimum atomic E-state index is -4.42. The van der Waals surface area contributed by atoms with E-state index in [0.717, 1.165) is 24.5 Å². The lowest BCUT2D eigenvalue weighted by molar-refractivity contribution is -0.137. The van der Waals surface area contributed by atoms with E-state index in [1.165, 1.54) is 30.3 Å². The zero-order valence-corrected chi connectivity index (χ0v) is 14.4. The van der Waals surface area contributed by atoms with Crippen molar-refractivity contribution in [2.75, 3.05) is 16.3 Å². The van der Waals surface area contributed by atoms with E-state index in [1.807, 2.05) is 0 Å². The fourth-order valence-electron chi connectivity index (χ4n) is 2.01. The van der Waals surface area contributed by atoms with E-state index < -0.39 is 27.7 Å². The van der Waals surface area contributed by atoms with Crippen LogP contribution in [0.4, 0.5) is 24.5 Å². The standard InChI is InChI=1S/C17H15F3N2O3S/c1-26(24,25)22-15-5-3-2-4-14(15)21-16(23)11-8-12-6-9-13(10-7-12)17(18,19)20/h2-11,22H,1H3,(H,21,23)/b11-8+. The molecule has 138 valence electrons. The summed E-state index contributed by atoms with van der Waals surface area (Å²) in [6.07, 6.45) is -0.950. The molecule has 1 amide bonds. The van der Waals surface area contributed by atoms with Crippen LogP contribution in [0.1, 0.15) is 11.1 Å². The van der Waals surface area contributed by atoms with Crippen LogP contribution < -0.4 is 10.0 Å². The molecule has 0 aliphatic heterocycles. The van der Waals surface area contributed by atoms with Gasteiger partial charge in [0.05, 0.1) is 23.2 Å². The minimum Gasteiger partial charge on any atom is -0.321 e. The number of halogens is 3. The highest BCUT2D eigenvalue weighted by Crippen LogP contribution is 2.29. The highest BCUT2D eigenvalue weighted by Gasteiger charge is 2.29. The van der Waals surface area contributed by atoms with Gasteiger partial charge in [0.2, 0.25) is 15.9 Å². The number of carbonyl (C=O) groups excluding carboxylic acids is 1. The molecule has 2 aromatic rings. The number of benzene rings is 2. The summed E-state index contributed by atoms with van der Waals surface area (Å²) in [7, 11) is -3.52. The van der Waals surface area contributed by atoms with E-state index in [0.29, 0.717) is 5.56 Å². The lowest BCUT2D eigenvalue weighted by Gasteiger charge is -2.10. The van der Waals surface area contributed by atoms with Crippen molar-refractivity contribution in [1.29, 1.82) is 0 Å². The molecule has 26 heavy (non-hydrogen) atoms. The van der Waals surface area contributed by atoms with Gasteiger partial charge < -0.3 is 5.32 Å². The largest absolute Gasteiger partial charge is 0.416 e.